The maximum atomic E-state index is 13.7. The highest BCUT2D eigenvalue weighted by molar-refractivity contribution is 7.92. The van der Waals surface area contributed by atoms with Gasteiger partial charge in [0.25, 0.3) is 15.9 Å². The van der Waals surface area contributed by atoms with Crippen LogP contribution in [-0.4, -0.2) is 73.3 Å². The summed E-state index contributed by atoms with van der Waals surface area (Å²) in [6, 6.07) is 14.4. The summed E-state index contributed by atoms with van der Waals surface area (Å²) < 4.78 is 40.2. The Kier molecular flexibility index (Phi) is 8.63. The van der Waals surface area contributed by atoms with Crippen LogP contribution in [0.4, 0.5) is 5.69 Å². The summed E-state index contributed by atoms with van der Waals surface area (Å²) in [6.45, 7) is 8.40. The van der Waals surface area contributed by atoms with Gasteiger partial charge in [0.05, 0.1) is 18.2 Å². The number of carbonyl (C=O) groups excluding carboxylic acids is 1. The number of amides is 1. The molecule has 0 saturated heterocycles. The topological polar surface area (TPSA) is 125 Å². The van der Waals surface area contributed by atoms with Gasteiger partial charge in [0.1, 0.15) is 17.5 Å². The van der Waals surface area contributed by atoms with Gasteiger partial charge in [-0.05, 0) is 51.6 Å². The number of carbonyl (C=O) groups is 1. The van der Waals surface area contributed by atoms with E-state index in [1.807, 2.05) is 32.2 Å². The molecule has 4 rings (SSSR count). The predicted molar refractivity (Wildman–Crippen MR) is 147 cm³/mol. The molecule has 3 atom stereocenters. The second-order valence-electron chi connectivity index (χ2n) is 10.3. The Labute approximate surface area is 229 Å². The number of aromatic nitrogens is 1. The maximum Gasteiger partial charge on any atom is 0.267 e. The minimum Gasteiger partial charge on any atom is -0.488 e. The molecule has 1 amide bonds. The summed E-state index contributed by atoms with van der Waals surface area (Å²) in [7, 11) is -1.99. The van der Waals surface area contributed by atoms with E-state index in [1.165, 1.54) is 18.6 Å². The van der Waals surface area contributed by atoms with Gasteiger partial charge in [-0.2, -0.15) is 0 Å². The molecule has 0 unspecified atom stereocenters. The monoisotopic (exact) mass is 556 g/mol. The van der Waals surface area contributed by atoms with Crippen molar-refractivity contribution in [3.63, 3.8) is 0 Å². The van der Waals surface area contributed by atoms with Crippen LogP contribution in [0.1, 0.15) is 41.2 Å². The van der Waals surface area contributed by atoms with Crippen molar-refractivity contribution in [1.82, 2.24) is 15.0 Å². The van der Waals surface area contributed by atoms with Crippen molar-refractivity contribution in [2.75, 3.05) is 31.5 Å². The number of anilines is 1. The third-order valence-electron chi connectivity index (χ3n) is 6.94. The molecule has 1 aliphatic rings. The predicted octanol–water partition coefficient (Wildman–Crippen LogP) is 3.44. The highest BCUT2D eigenvalue weighted by atomic mass is 32.2. The first-order valence-corrected chi connectivity index (χ1v) is 14.4. The lowest BCUT2D eigenvalue weighted by Gasteiger charge is -2.38. The van der Waals surface area contributed by atoms with Crippen molar-refractivity contribution < 1.29 is 27.6 Å². The van der Waals surface area contributed by atoms with E-state index in [0.29, 0.717) is 18.8 Å². The first-order valence-electron chi connectivity index (χ1n) is 12.9. The summed E-state index contributed by atoms with van der Waals surface area (Å²) in [4.78, 5) is 17.4. The van der Waals surface area contributed by atoms with Crippen LogP contribution >= 0.6 is 0 Å². The molecule has 0 spiro atoms. The lowest BCUT2D eigenvalue weighted by molar-refractivity contribution is 0.0341. The number of sulfonamides is 1. The molecule has 2 aromatic carbocycles. The number of likely N-dealkylation sites (N-methyl/N-ethyl adjacent to an activating group) is 1. The Morgan fingerprint density at radius 3 is 2.56 bits per heavy atom. The summed E-state index contributed by atoms with van der Waals surface area (Å²) in [5.74, 6) is 0.157. The summed E-state index contributed by atoms with van der Waals surface area (Å²) in [5.41, 5.74) is 1.84. The van der Waals surface area contributed by atoms with Gasteiger partial charge in [0.2, 0.25) is 0 Å². The molecule has 1 aromatic heterocycles. The lowest BCUT2D eigenvalue weighted by Crippen LogP contribution is -2.49. The molecule has 1 aliphatic heterocycles. The number of fused-ring (bicyclic) bond motifs is 1. The fraction of sp³-hybridized carbons (Fsp3) is 0.429. The molecule has 11 heteroatoms. The third kappa shape index (κ3) is 6.43. The van der Waals surface area contributed by atoms with Gasteiger partial charge < -0.3 is 19.3 Å². The standard InChI is InChI=1S/C28H36N4O6S/c1-18-14-32(19(2)17-33)28(34)24-13-23(30-39(35,36)27-20(3)29-38-21(27)4)11-12-25(24)37-26(18)16-31(5)15-22-9-7-6-8-10-22/h6-13,18-19,26,30,33H,14-17H2,1-5H3/t18-,19-,26+/m1/s1. The minimum atomic E-state index is -4.01. The number of aliphatic hydroxyl groups is 1. The SMILES string of the molecule is Cc1noc(C)c1S(=O)(=O)Nc1ccc2c(c1)C(=O)N([C@H](C)CO)C[C@@H](C)[C@H](CN(C)Cc1ccccc1)O2. The molecule has 0 radical (unpaired) electrons. The zero-order valence-electron chi connectivity index (χ0n) is 22.9. The fourth-order valence-corrected chi connectivity index (χ4v) is 6.22. The van der Waals surface area contributed by atoms with Gasteiger partial charge in [0.15, 0.2) is 10.7 Å². The van der Waals surface area contributed by atoms with Gasteiger partial charge in [-0.1, -0.05) is 42.4 Å². The highest BCUT2D eigenvalue weighted by Gasteiger charge is 2.34. The maximum absolute atomic E-state index is 13.7. The van der Waals surface area contributed by atoms with Crippen LogP contribution in [0.3, 0.4) is 0 Å². The van der Waals surface area contributed by atoms with E-state index >= 15 is 0 Å². The number of rotatable bonds is 9. The van der Waals surface area contributed by atoms with Crippen LogP contribution in [0.5, 0.6) is 5.75 Å². The van der Waals surface area contributed by atoms with Crippen LogP contribution < -0.4 is 9.46 Å². The Balaban J connectivity index is 1.65. The van der Waals surface area contributed by atoms with E-state index < -0.39 is 16.1 Å². The van der Waals surface area contributed by atoms with Crippen molar-refractivity contribution in [3.05, 3.63) is 71.1 Å². The highest BCUT2D eigenvalue weighted by Crippen LogP contribution is 2.32. The molecular formula is C28H36N4O6S. The third-order valence-corrected chi connectivity index (χ3v) is 8.57. The smallest absolute Gasteiger partial charge is 0.267 e. The minimum absolute atomic E-state index is 0.0351. The molecule has 2 N–H and O–H groups in total. The Bertz CT molecular complexity index is 1390. The van der Waals surface area contributed by atoms with E-state index in [0.717, 1.165) is 6.54 Å². The Hall–Kier alpha value is -3.41. The van der Waals surface area contributed by atoms with Gasteiger partial charge in [-0.15, -0.1) is 0 Å². The zero-order chi connectivity index (χ0) is 28.3. The van der Waals surface area contributed by atoms with Gasteiger partial charge in [-0.3, -0.25) is 14.4 Å². The molecule has 39 heavy (non-hydrogen) atoms. The van der Waals surface area contributed by atoms with Crippen molar-refractivity contribution in [2.45, 2.75) is 51.3 Å². The molecule has 2 heterocycles. The van der Waals surface area contributed by atoms with Crippen LogP contribution in [-0.2, 0) is 16.6 Å². The average Bonchev–Trinajstić information content (AvgIpc) is 3.25. The van der Waals surface area contributed by atoms with E-state index in [1.54, 1.807) is 30.9 Å². The number of nitrogens with one attached hydrogen (secondary N) is 1. The normalized spacial score (nSPS) is 18.7. The molecule has 3 aromatic rings. The molecule has 0 fully saturated rings. The second-order valence-corrected chi connectivity index (χ2v) is 11.9. The molecule has 0 saturated carbocycles. The van der Waals surface area contributed by atoms with E-state index in [9.17, 15) is 18.3 Å². The fourth-order valence-electron chi connectivity index (χ4n) is 4.84. The van der Waals surface area contributed by atoms with Crippen LogP contribution in [0, 0.1) is 19.8 Å². The van der Waals surface area contributed by atoms with Crippen LogP contribution in [0.15, 0.2) is 57.9 Å². The van der Waals surface area contributed by atoms with Crippen molar-refractivity contribution in [1.29, 1.82) is 0 Å². The van der Waals surface area contributed by atoms with Crippen LogP contribution in [0.2, 0.25) is 0 Å². The molecule has 210 valence electrons. The number of hydrogen-bond donors (Lipinski definition) is 2. The Morgan fingerprint density at radius 2 is 1.92 bits per heavy atom. The van der Waals surface area contributed by atoms with Crippen molar-refractivity contribution >= 4 is 21.6 Å². The van der Waals surface area contributed by atoms with E-state index in [-0.39, 0.29) is 52.1 Å². The molecule has 10 nitrogen and oxygen atoms in total. The molecule has 0 aliphatic carbocycles. The largest absolute Gasteiger partial charge is 0.488 e. The summed E-state index contributed by atoms with van der Waals surface area (Å²) in [6.07, 6.45) is -0.260. The van der Waals surface area contributed by atoms with Gasteiger partial charge >= 0.3 is 0 Å². The van der Waals surface area contributed by atoms with Crippen molar-refractivity contribution in [3.8, 4) is 5.75 Å². The second kappa shape index (κ2) is 11.8. The quantitative estimate of drug-likeness (QED) is 0.411. The lowest BCUT2D eigenvalue weighted by atomic mass is 9.99. The van der Waals surface area contributed by atoms with E-state index in [2.05, 4.69) is 26.9 Å². The number of benzene rings is 2. The summed E-state index contributed by atoms with van der Waals surface area (Å²) >= 11 is 0. The zero-order valence-corrected chi connectivity index (χ0v) is 23.7. The first kappa shape index (κ1) is 28.6. The van der Waals surface area contributed by atoms with Crippen LogP contribution in [0.25, 0.3) is 0 Å². The number of ether oxygens (including phenoxy) is 1. The number of hydrogen-bond acceptors (Lipinski definition) is 8. The molecule has 0 bridgehead atoms. The van der Waals surface area contributed by atoms with Crippen molar-refractivity contribution in [2.24, 2.45) is 5.92 Å². The first-order chi connectivity index (χ1) is 18.5. The number of nitrogens with zero attached hydrogens (tertiary/aromatic N) is 3. The number of aryl methyl sites for hydroxylation is 2. The Morgan fingerprint density at radius 1 is 1.21 bits per heavy atom. The van der Waals surface area contributed by atoms with Gasteiger partial charge in [0, 0.05) is 31.2 Å². The number of aliphatic hydroxyl groups excluding tert-OH is 1. The average molecular weight is 557 g/mol. The van der Waals surface area contributed by atoms with E-state index in [4.69, 9.17) is 9.26 Å². The molecular weight excluding hydrogens is 520 g/mol. The summed E-state index contributed by atoms with van der Waals surface area (Å²) in [5, 5.41) is 13.6. The van der Waals surface area contributed by atoms with Gasteiger partial charge in [-0.25, -0.2) is 8.42 Å².